The molecule has 0 bridgehead atoms. The number of amides is 1. The second-order valence-electron chi connectivity index (χ2n) is 6.28. The van der Waals surface area contributed by atoms with Crippen molar-refractivity contribution in [3.8, 4) is 11.5 Å². The van der Waals surface area contributed by atoms with Crippen molar-refractivity contribution in [2.75, 3.05) is 14.2 Å². The summed E-state index contributed by atoms with van der Waals surface area (Å²) in [4.78, 5) is 14.7. The number of hydrogen-bond acceptors (Lipinski definition) is 3. The Balaban J connectivity index is 2.06. The molecule has 0 aliphatic carbocycles. The lowest BCUT2D eigenvalue weighted by atomic mass is 10.1. The van der Waals surface area contributed by atoms with Crippen molar-refractivity contribution in [3.05, 3.63) is 59.7 Å². The zero-order chi connectivity index (χ0) is 18.2. The van der Waals surface area contributed by atoms with Crippen molar-refractivity contribution in [2.45, 2.75) is 39.3 Å². The Bertz CT molecular complexity index is 683. The summed E-state index contributed by atoms with van der Waals surface area (Å²) >= 11 is 0. The largest absolute Gasteiger partial charge is 0.497 e. The minimum absolute atomic E-state index is 0.142. The first kappa shape index (κ1) is 18.8. The first-order chi connectivity index (χ1) is 12.0. The molecule has 0 fully saturated rings. The molecule has 4 heteroatoms. The average molecular weight is 341 g/mol. The van der Waals surface area contributed by atoms with Crippen LogP contribution in [0.2, 0.25) is 0 Å². The highest BCUT2D eigenvalue weighted by molar-refractivity contribution is 5.77. The second kappa shape index (κ2) is 9.11. The van der Waals surface area contributed by atoms with E-state index in [0.717, 1.165) is 22.6 Å². The van der Waals surface area contributed by atoms with Crippen molar-refractivity contribution in [3.63, 3.8) is 0 Å². The number of ether oxygens (including phenoxy) is 2. The summed E-state index contributed by atoms with van der Waals surface area (Å²) in [6, 6.07) is 15.9. The van der Waals surface area contributed by atoms with E-state index in [9.17, 15) is 4.79 Å². The lowest BCUT2D eigenvalue weighted by molar-refractivity contribution is -0.133. The number of aryl methyl sites for hydroxylation is 1. The lowest BCUT2D eigenvalue weighted by Crippen LogP contribution is -2.36. The summed E-state index contributed by atoms with van der Waals surface area (Å²) in [5, 5.41) is 0. The number of carbonyl (C=O) groups is 1. The minimum atomic E-state index is 0.142. The van der Waals surface area contributed by atoms with Gasteiger partial charge in [-0.25, -0.2) is 0 Å². The van der Waals surface area contributed by atoms with Crippen LogP contribution in [-0.2, 0) is 17.8 Å². The van der Waals surface area contributed by atoms with E-state index in [0.29, 0.717) is 19.4 Å². The molecule has 2 rings (SSSR count). The van der Waals surface area contributed by atoms with Gasteiger partial charge in [0, 0.05) is 19.0 Å². The van der Waals surface area contributed by atoms with Gasteiger partial charge in [0.1, 0.15) is 11.5 Å². The molecule has 2 aromatic rings. The molecule has 1 amide bonds. The molecule has 0 saturated heterocycles. The summed E-state index contributed by atoms with van der Waals surface area (Å²) in [6.07, 6.45) is 1.06. The molecule has 134 valence electrons. The molecular formula is C21H27NO3. The average Bonchev–Trinajstić information content (AvgIpc) is 2.64. The Labute approximate surface area is 150 Å². The van der Waals surface area contributed by atoms with Gasteiger partial charge in [-0.2, -0.15) is 0 Å². The molecule has 2 aromatic carbocycles. The van der Waals surface area contributed by atoms with Gasteiger partial charge >= 0.3 is 0 Å². The highest BCUT2D eigenvalue weighted by Gasteiger charge is 2.18. The quantitative estimate of drug-likeness (QED) is 0.726. The summed E-state index contributed by atoms with van der Waals surface area (Å²) in [5.41, 5.74) is 2.13. The number of hydrogen-bond donors (Lipinski definition) is 0. The maximum atomic E-state index is 12.8. The number of rotatable bonds is 8. The number of carbonyl (C=O) groups excluding carboxylic acids is 1. The molecule has 0 N–H and O–H groups in total. The van der Waals surface area contributed by atoms with Gasteiger partial charge in [0.05, 0.1) is 14.2 Å². The number of benzene rings is 2. The van der Waals surface area contributed by atoms with Crippen LogP contribution < -0.4 is 9.47 Å². The van der Waals surface area contributed by atoms with Gasteiger partial charge in [0.15, 0.2) is 0 Å². The van der Waals surface area contributed by atoms with Crippen LogP contribution in [0.5, 0.6) is 11.5 Å². The van der Waals surface area contributed by atoms with Gasteiger partial charge in [0.25, 0.3) is 0 Å². The monoisotopic (exact) mass is 341 g/mol. The number of nitrogens with zero attached hydrogens (tertiary/aromatic N) is 1. The van der Waals surface area contributed by atoms with Crippen molar-refractivity contribution in [1.29, 1.82) is 0 Å². The maximum Gasteiger partial charge on any atom is 0.223 e. The summed E-state index contributed by atoms with van der Waals surface area (Å²) in [7, 11) is 3.28. The van der Waals surface area contributed by atoms with Crippen LogP contribution >= 0.6 is 0 Å². The molecule has 0 unspecified atom stereocenters. The number of methoxy groups -OCH3 is 2. The maximum absolute atomic E-state index is 12.8. The van der Waals surface area contributed by atoms with Crippen LogP contribution in [0.25, 0.3) is 0 Å². The fourth-order valence-corrected chi connectivity index (χ4v) is 2.80. The van der Waals surface area contributed by atoms with Gasteiger partial charge < -0.3 is 14.4 Å². The van der Waals surface area contributed by atoms with Crippen molar-refractivity contribution >= 4 is 5.91 Å². The zero-order valence-electron chi connectivity index (χ0n) is 15.5. The smallest absolute Gasteiger partial charge is 0.223 e. The van der Waals surface area contributed by atoms with Crippen LogP contribution in [0.1, 0.15) is 31.4 Å². The standard InChI is InChI=1S/C21H27NO3/c1-16(2)22(15-17-8-6-5-7-9-17)21(23)13-10-18-14-19(24-3)11-12-20(18)25-4/h5-9,11-12,14,16H,10,13,15H2,1-4H3. The molecule has 0 saturated carbocycles. The minimum Gasteiger partial charge on any atom is -0.497 e. The normalized spacial score (nSPS) is 10.6. The van der Waals surface area contributed by atoms with Gasteiger partial charge in [-0.3, -0.25) is 4.79 Å². The van der Waals surface area contributed by atoms with Crippen LogP contribution in [0, 0.1) is 0 Å². The van der Waals surface area contributed by atoms with E-state index in [1.54, 1.807) is 14.2 Å². The van der Waals surface area contributed by atoms with E-state index in [-0.39, 0.29) is 11.9 Å². The zero-order valence-corrected chi connectivity index (χ0v) is 15.5. The van der Waals surface area contributed by atoms with Crippen LogP contribution in [0.3, 0.4) is 0 Å². The van der Waals surface area contributed by atoms with Crippen LogP contribution in [0.15, 0.2) is 48.5 Å². The van der Waals surface area contributed by atoms with Gasteiger partial charge in [-0.05, 0) is 49.6 Å². The van der Waals surface area contributed by atoms with E-state index >= 15 is 0 Å². The summed E-state index contributed by atoms with van der Waals surface area (Å²) in [5.74, 6) is 1.70. The summed E-state index contributed by atoms with van der Waals surface area (Å²) < 4.78 is 10.7. The highest BCUT2D eigenvalue weighted by Crippen LogP contribution is 2.25. The molecule has 0 atom stereocenters. The Morgan fingerprint density at radius 2 is 1.76 bits per heavy atom. The van der Waals surface area contributed by atoms with Crippen LogP contribution in [-0.4, -0.2) is 31.1 Å². The topological polar surface area (TPSA) is 38.8 Å². The van der Waals surface area contributed by atoms with Crippen molar-refractivity contribution < 1.29 is 14.3 Å². The van der Waals surface area contributed by atoms with E-state index < -0.39 is 0 Å². The molecule has 4 nitrogen and oxygen atoms in total. The molecule has 25 heavy (non-hydrogen) atoms. The summed E-state index contributed by atoms with van der Waals surface area (Å²) in [6.45, 7) is 4.73. The van der Waals surface area contributed by atoms with Gasteiger partial charge in [0.2, 0.25) is 5.91 Å². The van der Waals surface area contributed by atoms with Gasteiger partial charge in [-0.15, -0.1) is 0 Å². The molecule has 0 aromatic heterocycles. The fraction of sp³-hybridized carbons (Fsp3) is 0.381. The van der Waals surface area contributed by atoms with Crippen molar-refractivity contribution in [2.24, 2.45) is 0 Å². The van der Waals surface area contributed by atoms with Crippen LogP contribution in [0.4, 0.5) is 0 Å². The third-order valence-corrected chi connectivity index (χ3v) is 4.24. The molecule has 0 radical (unpaired) electrons. The van der Waals surface area contributed by atoms with Crippen molar-refractivity contribution in [1.82, 2.24) is 4.90 Å². The molecule has 0 aliphatic heterocycles. The Morgan fingerprint density at radius 3 is 2.36 bits per heavy atom. The Hall–Kier alpha value is -2.49. The van der Waals surface area contributed by atoms with E-state index in [2.05, 4.69) is 0 Å². The SMILES string of the molecule is COc1ccc(OC)c(CCC(=O)N(Cc2ccccc2)C(C)C)c1. The predicted octanol–water partition coefficient (Wildman–Crippen LogP) is 4.07. The fourth-order valence-electron chi connectivity index (χ4n) is 2.80. The van der Waals surface area contributed by atoms with E-state index in [1.165, 1.54) is 0 Å². The third kappa shape index (κ3) is 5.24. The molecular weight excluding hydrogens is 314 g/mol. The first-order valence-electron chi connectivity index (χ1n) is 8.59. The Morgan fingerprint density at radius 1 is 1.04 bits per heavy atom. The van der Waals surface area contributed by atoms with Gasteiger partial charge in [-0.1, -0.05) is 30.3 Å². The molecule has 0 aliphatic rings. The van der Waals surface area contributed by atoms with E-state index in [4.69, 9.17) is 9.47 Å². The molecule has 0 heterocycles. The molecule has 0 spiro atoms. The highest BCUT2D eigenvalue weighted by atomic mass is 16.5. The predicted molar refractivity (Wildman–Crippen MR) is 100.0 cm³/mol. The van der Waals surface area contributed by atoms with E-state index in [1.807, 2.05) is 67.3 Å². The first-order valence-corrected chi connectivity index (χ1v) is 8.59. The second-order valence-corrected chi connectivity index (χ2v) is 6.28. The Kier molecular flexibility index (Phi) is 6.87. The lowest BCUT2D eigenvalue weighted by Gasteiger charge is -2.27. The third-order valence-electron chi connectivity index (χ3n) is 4.24.